The highest BCUT2D eigenvalue weighted by Gasteiger charge is 2.16. The van der Waals surface area contributed by atoms with Gasteiger partial charge in [-0.15, -0.1) is 0 Å². The third-order valence-electron chi connectivity index (χ3n) is 1.69. The van der Waals surface area contributed by atoms with Crippen molar-refractivity contribution in [1.82, 2.24) is 0 Å². The lowest BCUT2D eigenvalue weighted by molar-refractivity contribution is -0.385. The van der Waals surface area contributed by atoms with Crippen molar-refractivity contribution >= 4 is 11.4 Å². The predicted octanol–water partition coefficient (Wildman–Crippen LogP) is 1.56. The molecule has 0 bridgehead atoms. The minimum absolute atomic E-state index is 0.0305. The summed E-state index contributed by atoms with van der Waals surface area (Å²) in [5.74, 6) is -0.727. The molecule has 0 fully saturated rings. The maximum atomic E-state index is 12.7. The van der Waals surface area contributed by atoms with Crippen molar-refractivity contribution < 1.29 is 9.31 Å². The maximum Gasteiger partial charge on any atom is 0.281 e. The predicted molar refractivity (Wildman–Crippen MR) is 50.8 cm³/mol. The van der Waals surface area contributed by atoms with Gasteiger partial charge in [-0.05, 0) is 12.1 Å². The van der Waals surface area contributed by atoms with Gasteiger partial charge in [-0.3, -0.25) is 10.1 Å². The average molecular weight is 207 g/mol. The summed E-state index contributed by atoms with van der Waals surface area (Å²) in [6, 6.07) is 4.61. The van der Waals surface area contributed by atoms with E-state index < -0.39 is 16.4 Å². The second-order valence-corrected chi connectivity index (χ2v) is 2.65. The van der Waals surface area contributed by atoms with Crippen LogP contribution in [-0.2, 0) is 0 Å². The largest absolute Gasteiger partial charge is 0.397 e. The van der Waals surface area contributed by atoms with Crippen LogP contribution in [0.15, 0.2) is 24.3 Å². The molecule has 0 aromatic heterocycles. The summed E-state index contributed by atoms with van der Waals surface area (Å²) in [5.41, 5.74) is 4.91. The second-order valence-electron chi connectivity index (χ2n) is 2.65. The number of nitrogens with zero attached hydrogens (tertiary/aromatic N) is 2. The first-order valence-corrected chi connectivity index (χ1v) is 3.86. The van der Waals surface area contributed by atoms with Crippen molar-refractivity contribution in [2.45, 2.75) is 0 Å². The van der Waals surface area contributed by atoms with E-state index in [4.69, 9.17) is 11.0 Å². The Labute approximate surface area is 84.4 Å². The topological polar surface area (TPSA) is 93.0 Å². The quantitative estimate of drug-likeness (QED) is 0.452. The summed E-state index contributed by atoms with van der Waals surface area (Å²) in [7, 11) is 0. The van der Waals surface area contributed by atoms with Gasteiger partial charge in [-0.25, -0.2) is 4.39 Å². The SMILES string of the molecule is N#C/C=C(/N)c1ccc(F)cc1[N+](=O)[O-]. The van der Waals surface area contributed by atoms with Crippen molar-refractivity contribution in [3.63, 3.8) is 0 Å². The average Bonchev–Trinajstić information content (AvgIpc) is 2.17. The summed E-state index contributed by atoms with van der Waals surface area (Å²) < 4.78 is 12.7. The first-order chi connectivity index (χ1) is 7.06. The number of nitriles is 1. The first-order valence-electron chi connectivity index (χ1n) is 3.86. The lowest BCUT2D eigenvalue weighted by Gasteiger charge is -2.01. The smallest absolute Gasteiger partial charge is 0.281 e. The summed E-state index contributed by atoms with van der Waals surface area (Å²) in [4.78, 5) is 9.80. The molecule has 1 aromatic carbocycles. The van der Waals surface area contributed by atoms with Crippen molar-refractivity contribution in [3.8, 4) is 6.07 Å². The Bertz CT molecular complexity index is 477. The van der Waals surface area contributed by atoms with Crippen molar-refractivity contribution in [2.24, 2.45) is 5.73 Å². The number of nitrogens with two attached hydrogens (primary N) is 1. The second kappa shape index (κ2) is 4.19. The Morgan fingerprint density at radius 2 is 2.33 bits per heavy atom. The van der Waals surface area contributed by atoms with Crippen LogP contribution >= 0.6 is 0 Å². The van der Waals surface area contributed by atoms with E-state index in [9.17, 15) is 14.5 Å². The van der Waals surface area contributed by atoms with Crippen LogP contribution in [0.1, 0.15) is 5.56 Å². The number of hydrogen-bond donors (Lipinski definition) is 1. The summed E-state index contributed by atoms with van der Waals surface area (Å²) in [6.45, 7) is 0. The van der Waals surface area contributed by atoms with E-state index in [0.717, 1.165) is 24.3 Å². The lowest BCUT2D eigenvalue weighted by atomic mass is 10.1. The highest BCUT2D eigenvalue weighted by molar-refractivity contribution is 5.72. The lowest BCUT2D eigenvalue weighted by Crippen LogP contribution is -2.01. The zero-order valence-corrected chi connectivity index (χ0v) is 7.48. The fraction of sp³-hybridized carbons (Fsp3) is 0. The van der Waals surface area contributed by atoms with Crippen LogP contribution < -0.4 is 5.73 Å². The molecule has 1 rings (SSSR count). The van der Waals surface area contributed by atoms with Crippen molar-refractivity contribution in [2.75, 3.05) is 0 Å². The van der Waals surface area contributed by atoms with Gasteiger partial charge in [0, 0.05) is 6.08 Å². The molecule has 76 valence electrons. The van der Waals surface area contributed by atoms with Gasteiger partial charge >= 0.3 is 0 Å². The molecule has 1 aromatic rings. The molecule has 5 nitrogen and oxygen atoms in total. The highest BCUT2D eigenvalue weighted by Crippen LogP contribution is 2.23. The van der Waals surface area contributed by atoms with E-state index in [-0.39, 0.29) is 11.3 Å². The van der Waals surface area contributed by atoms with Gasteiger partial charge in [-0.1, -0.05) is 0 Å². The molecule has 6 heteroatoms. The molecule has 0 amide bonds. The molecule has 0 aliphatic carbocycles. The molecule has 0 unspecified atom stereocenters. The molecule has 0 heterocycles. The molecule has 15 heavy (non-hydrogen) atoms. The fourth-order valence-corrected chi connectivity index (χ4v) is 1.05. The van der Waals surface area contributed by atoms with Crippen LogP contribution in [0.3, 0.4) is 0 Å². The molecule has 0 saturated carbocycles. The van der Waals surface area contributed by atoms with Gasteiger partial charge in [-0.2, -0.15) is 5.26 Å². The zero-order valence-electron chi connectivity index (χ0n) is 7.48. The molecule has 0 radical (unpaired) electrons. The van der Waals surface area contributed by atoms with Gasteiger partial charge in [0.05, 0.1) is 28.3 Å². The van der Waals surface area contributed by atoms with Crippen molar-refractivity contribution in [3.05, 3.63) is 45.8 Å². The summed E-state index contributed by atoms with van der Waals surface area (Å²) >= 11 is 0. The van der Waals surface area contributed by atoms with E-state index in [1.54, 1.807) is 6.07 Å². The number of hydrogen-bond acceptors (Lipinski definition) is 4. The first kappa shape index (κ1) is 10.7. The molecule has 0 aliphatic rings. The monoisotopic (exact) mass is 207 g/mol. The van der Waals surface area contributed by atoms with Crippen LogP contribution in [0.2, 0.25) is 0 Å². The number of rotatable bonds is 2. The van der Waals surface area contributed by atoms with Gasteiger partial charge in [0.2, 0.25) is 0 Å². The number of benzene rings is 1. The van der Waals surface area contributed by atoms with Crippen LogP contribution in [0, 0.1) is 27.3 Å². The van der Waals surface area contributed by atoms with E-state index in [2.05, 4.69) is 0 Å². The van der Waals surface area contributed by atoms with E-state index >= 15 is 0 Å². The summed E-state index contributed by atoms with van der Waals surface area (Å²) in [5, 5.41) is 18.9. The summed E-state index contributed by atoms with van der Waals surface area (Å²) in [6.07, 6.45) is 0.959. The zero-order chi connectivity index (χ0) is 11.4. The Balaban J connectivity index is 3.37. The van der Waals surface area contributed by atoms with E-state index in [1.165, 1.54) is 0 Å². The minimum atomic E-state index is -0.753. The fourth-order valence-electron chi connectivity index (χ4n) is 1.05. The molecule has 0 spiro atoms. The molecule has 0 atom stereocenters. The Kier molecular flexibility index (Phi) is 2.98. The normalized spacial score (nSPS) is 10.8. The van der Waals surface area contributed by atoms with Crippen LogP contribution in [0.25, 0.3) is 5.70 Å². The molecule has 0 aliphatic heterocycles. The number of allylic oxidation sites excluding steroid dienone is 1. The standard InChI is InChI=1S/C9H6FN3O2/c10-6-1-2-7(8(12)3-4-11)9(5-6)13(14)15/h1-3,5H,12H2/b8-3+. The highest BCUT2D eigenvalue weighted by atomic mass is 19.1. The van der Waals surface area contributed by atoms with Gasteiger partial charge < -0.3 is 5.73 Å². The minimum Gasteiger partial charge on any atom is -0.397 e. The Morgan fingerprint density at radius 3 is 2.87 bits per heavy atom. The van der Waals surface area contributed by atoms with Crippen molar-refractivity contribution in [1.29, 1.82) is 5.26 Å². The van der Waals surface area contributed by atoms with Crippen LogP contribution in [0.5, 0.6) is 0 Å². The molecular formula is C9H6FN3O2. The van der Waals surface area contributed by atoms with Crippen LogP contribution in [0.4, 0.5) is 10.1 Å². The molecular weight excluding hydrogens is 201 g/mol. The van der Waals surface area contributed by atoms with Gasteiger partial charge in [0.1, 0.15) is 5.82 Å². The van der Waals surface area contributed by atoms with Gasteiger partial charge in [0.15, 0.2) is 0 Å². The Morgan fingerprint density at radius 1 is 1.67 bits per heavy atom. The number of halogens is 1. The third-order valence-corrected chi connectivity index (χ3v) is 1.69. The molecule has 0 saturated heterocycles. The maximum absolute atomic E-state index is 12.7. The third kappa shape index (κ3) is 2.28. The van der Waals surface area contributed by atoms with Gasteiger partial charge in [0.25, 0.3) is 5.69 Å². The Hall–Kier alpha value is -2.42. The van der Waals surface area contributed by atoms with E-state index in [1.807, 2.05) is 0 Å². The number of nitro groups is 1. The number of nitro benzene ring substituents is 1. The van der Waals surface area contributed by atoms with E-state index in [0.29, 0.717) is 0 Å². The molecule has 2 N–H and O–H groups in total. The van der Waals surface area contributed by atoms with Crippen LogP contribution in [-0.4, -0.2) is 4.92 Å².